The van der Waals surface area contributed by atoms with Crippen LogP contribution in [0.4, 0.5) is 0 Å². The highest BCUT2D eigenvalue weighted by Gasteiger charge is 2.16. The first-order valence-corrected chi connectivity index (χ1v) is 6.13. The van der Waals surface area contributed by atoms with Crippen molar-refractivity contribution < 1.29 is 0 Å². The number of nitrogens with one attached hydrogen (secondary N) is 1. The van der Waals surface area contributed by atoms with Crippen molar-refractivity contribution in [2.24, 2.45) is 0 Å². The van der Waals surface area contributed by atoms with Crippen molar-refractivity contribution in [3.8, 4) is 0 Å². The molecule has 2 aromatic rings. The highest BCUT2D eigenvalue weighted by molar-refractivity contribution is 6.31. The van der Waals surface area contributed by atoms with Crippen molar-refractivity contribution >= 4 is 11.6 Å². The van der Waals surface area contributed by atoms with E-state index >= 15 is 0 Å². The molecule has 0 bridgehead atoms. The molecule has 2 heterocycles. The monoisotopic (exact) mass is 265 g/mol. The summed E-state index contributed by atoms with van der Waals surface area (Å²) in [5.41, 5.74) is 2.74. The fourth-order valence-electron chi connectivity index (χ4n) is 1.72. The number of nitrogens with zero attached hydrogens (tertiary/aromatic N) is 4. The van der Waals surface area contributed by atoms with Crippen molar-refractivity contribution in [3.05, 3.63) is 40.7 Å². The highest BCUT2D eigenvalue weighted by atomic mass is 35.5. The van der Waals surface area contributed by atoms with E-state index in [4.69, 9.17) is 11.6 Å². The van der Waals surface area contributed by atoms with E-state index in [-0.39, 0.29) is 6.04 Å². The van der Waals surface area contributed by atoms with Crippen molar-refractivity contribution in [2.75, 3.05) is 7.05 Å². The molecule has 5 nitrogen and oxygen atoms in total. The predicted octanol–water partition coefficient (Wildman–Crippen LogP) is 2.35. The van der Waals surface area contributed by atoms with Crippen molar-refractivity contribution in [1.82, 2.24) is 25.1 Å². The Morgan fingerprint density at radius 1 is 1.50 bits per heavy atom. The molecule has 0 amide bonds. The minimum Gasteiger partial charge on any atom is -0.292 e. The zero-order valence-electron chi connectivity index (χ0n) is 10.7. The minimum atomic E-state index is 0.182. The number of H-pyrrole nitrogens is 1. The average Bonchev–Trinajstić information content (AvgIpc) is 2.71. The Kier molecular flexibility index (Phi) is 3.93. The summed E-state index contributed by atoms with van der Waals surface area (Å²) >= 11 is 6.16. The van der Waals surface area contributed by atoms with Gasteiger partial charge in [-0.3, -0.25) is 10.00 Å². The van der Waals surface area contributed by atoms with E-state index in [9.17, 15) is 0 Å². The van der Waals surface area contributed by atoms with E-state index < -0.39 is 0 Å². The molecular formula is C12H16ClN5. The molecule has 96 valence electrons. The second-order valence-electron chi connectivity index (χ2n) is 4.33. The lowest BCUT2D eigenvalue weighted by Crippen LogP contribution is -2.23. The van der Waals surface area contributed by atoms with Crippen LogP contribution in [0.15, 0.2) is 18.6 Å². The molecule has 6 heteroatoms. The third-order valence-corrected chi connectivity index (χ3v) is 3.54. The van der Waals surface area contributed by atoms with Crippen LogP contribution in [0.1, 0.15) is 30.0 Å². The molecule has 0 unspecified atom stereocenters. The van der Waals surface area contributed by atoms with E-state index in [2.05, 4.69) is 32.0 Å². The van der Waals surface area contributed by atoms with Gasteiger partial charge >= 0.3 is 0 Å². The van der Waals surface area contributed by atoms with Crippen LogP contribution < -0.4 is 0 Å². The number of hydrogen-bond donors (Lipinski definition) is 1. The van der Waals surface area contributed by atoms with E-state index in [1.54, 1.807) is 12.5 Å². The van der Waals surface area contributed by atoms with Crippen LogP contribution in [0.25, 0.3) is 0 Å². The van der Waals surface area contributed by atoms with Gasteiger partial charge in [0.25, 0.3) is 0 Å². The minimum absolute atomic E-state index is 0.182. The zero-order valence-corrected chi connectivity index (χ0v) is 11.4. The maximum absolute atomic E-state index is 6.16. The summed E-state index contributed by atoms with van der Waals surface area (Å²) in [5, 5.41) is 7.79. The molecule has 0 fully saturated rings. The van der Waals surface area contributed by atoms with Gasteiger partial charge in [0.05, 0.1) is 22.1 Å². The van der Waals surface area contributed by atoms with Gasteiger partial charge in [0, 0.05) is 18.8 Å². The van der Waals surface area contributed by atoms with Crippen LogP contribution in [0.5, 0.6) is 0 Å². The smallest absolute Gasteiger partial charge is 0.115 e. The first-order valence-electron chi connectivity index (χ1n) is 5.75. The molecule has 1 N–H and O–H groups in total. The Hall–Kier alpha value is -1.46. The Bertz CT molecular complexity index is 510. The van der Waals surface area contributed by atoms with Crippen LogP contribution >= 0.6 is 11.6 Å². The van der Waals surface area contributed by atoms with Crippen LogP contribution in [0, 0.1) is 6.92 Å². The first kappa shape index (κ1) is 13.0. The van der Waals surface area contributed by atoms with Gasteiger partial charge in [-0.05, 0) is 27.0 Å². The molecule has 2 rings (SSSR count). The Balaban J connectivity index is 2.08. The molecule has 0 saturated carbocycles. The van der Waals surface area contributed by atoms with Gasteiger partial charge in [-0.25, -0.2) is 9.97 Å². The summed E-state index contributed by atoms with van der Waals surface area (Å²) in [6.45, 7) is 4.68. The largest absolute Gasteiger partial charge is 0.292 e. The molecule has 0 radical (unpaired) electrons. The number of aromatic nitrogens is 4. The summed E-state index contributed by atoms with van der Waals surface area (Å²) in [5.74, 6) is 0. The number of halogens is 1. The van der Waals surface area contributed by atoms with Crippen LogP contribution in [-0.2, 0) is 6.54 Å². The number of aryl methyl sites for hydroxylation is 1. The molecule has 0 aliphatic carbocycles. The molecule has 0 aliphatic rings. The third-order valence-electron chi connectivity index (χ3n) is 3.03. The number of aromatic amines is 1. The summed E-state index contributed by atoms with van der Waals surface area (Å²) in [4.78, 5) is 10.3. The third kappa shape index (κ3) is 2.68. The topological polar surface area (TPSA) is 57.7 Å². The van der Waals surface area contributed by atoms with Crippen LogP contribution in [-0.4, -0.2) is 32.1 Å². The van der Waals surface area contributed by atoms with Crippen molar-refractivity contribution in [1.29, 1.82) is 0 Å². The summed E-state index contributed by atoms with van der Waals surface area (Å²) < 4.78 is 0. The highest BCUT2D eigenvalue weighted by Crippen LogP contribution is 2.22. The van der Waals surface area contributed by atoms with Gasteiger partial charge in [0.2, 0.25) is 0 Å². The van der Waals surface area contributed by atoms with E-state index in [1.165, 1.54) is 0 Å². The fraction of sp³-hybridized carbons (Fsp3) is 0.417. The lowest BCUT2D eigenvalue weighted by Gasteiger charge is -2.23. The molecule has 2 aromatic heterocycles. The molecule has 0 saturated heterocycles. The summed E-state index contributed by atoms with van der Waals surface area (Å²) in [7, 11) is 2.02. The normalized spacial score (nSPS) is 12.9. The second kappa shape index (κ2) is 5.46. The van der Waals surface area contributed by atoms with Gasteiger partial charge in [-0.2, -0.15) is 5.10 Å². The fourth-order valence-corrected chi connectivity index (χ4v) is 1.86. The van der Waals surface area contributed by atoms with Crippen molar-refractivity contribution in [3.63, 3.8) is 0 Å². The Morgan fingerprint density at radius 2 is 2.28 bits per heavy atom. The lowest BCUT2D eigenvalue weighted by molar-refractivity contribution is 0.245. The molecule has 1 atom stereocenters. The van der Waals surface area contributed by atoms with Gasteiger partial charge < -0.3 is 0 Å². The molecule has 0 aliphatic heterocycles. The summed E-state index contributed by atoms with van der Waals surface area (Å²) in [6, 6.07) is 2.10. The van der Waals surface area contributed by atoms with Crippen LogP contribution in [0.3, 0.4) is 0 Å². The number of hydrogen-bond acceptors (Lipinski definition) is 4. The van der Waals surface area contributed by atoms with Crippen molar-refractivity contribution in [2.45, 2.75) is 26.4 Å². The Morgan fingerprint density at radius 3 is 2.83 bits per heavy atom. The van der Waals surface area contributed by atoms with Crippen LogP contribution in [0.2, 0.25) is 5.02 Å². The van der Waals surface area contributed by atoms with Gasteiger partial charge in [-0.1, -0.05) is 11.6 Å². The SMILES string of the molecule is Cc1[nH]nc(CN(C)[C@H](C)c2ccncn2)c1Cl. The van der Waals surface area contributed by atoms with Gasteiger partial charge in [-0.15, -0.1) is 0 Å². The molecular weight excluding hydrogens is 250 g/mol. The zero-order chi connectivity index (χ0) is 13.1. The maximum atomic E-state index is 6.16. The quantitative estimate of drug-likeness (QED) is 0.922. The molecule has 0 aromatic carbocycles. The average molecular weight is 266 g/mol. The Labute approximate surface area is 111 Å². The standard InChI is InChI=1S/C12H16ClN5/c1-8-12(13)11(17-16-8)6-18(3)9(2)10-4-5-14-7-15-10/h4-5,7,9H,6H2,1-3H3,(H,16,17)/t9-/m1/s1. The lowest BCUT2D eigenvalue weighted by atomic mass is 10.2. The number of rotatable bonds is 4. The molecule has 0 spiro atoms. The van der Waals surface area contributed by atoms with E-state index in [0.717, 1.165) is 17.1 Å². The first-order chi connectivity index (χ1) is 8.59. The molecule has 18 heavy (non-hydrogen) atoms. The maximum Gasteiger partial charge on any atom is 0.115 e. The van der Waals surface area contributed by atoms with Gasteiger partial charge in [0.1, 0.15) is 6.33 Å². The summed E-state index contributed by atoms with van der Waals surface area (Å²) in [6.07, 6.45) is 3.31. The second-order valence-corrected chi connectivity index (χ2v) is 4.71. The predicted molar refractivity (Wildman–Crippen MR) is 70.2 cm³/mol. The van der Waals surface area contributed by atoms with Gasteiger partial charge in [0.15, 0.2) is 0 Å². The van der Waals surface area contributed by atoms with E-state index in [1.807, 2.05) is 20.0 Å². The van der Waals surface area contributed by atoms with E-state index in [0.29, 0.717) is 11.6 Å².